The van der Waals surface area contributed by atoms with Crippen molar-refractivity contribution in [2.45, 2.75) is 18.6 Å². The van der Waals surface area contributed by atoms with E-state index in [1.54, 1.807) is 0 Å². The molecule has 8 heteroatoms. The largest absolute Gasteiger partial charge is 0.480 e. The molecule has 1 amide bonds. The van der Waals surface area contributed by atoms with E-state index in [2.05, 4.69) is 0 Å². The van der Waals surface area contributed by atoms with Crippen LogP contribution in [0.2, 0.25) is 0 Å². The zero-order valence-electron chi connectivity index (χ0n) is 10.3. The van der Waals surface area contributed by atoms with Gasteiger partial charge in [-0.05, 0) is 6.07 Å². The molecule has 1 fully saturated rings. The lowest BCUT2D eigenvalue weighted by Gasteiger charge is -2.21. The Hall–Kier alpha value is -2.48. The molecule has 8 nitrogen and oxygen atoms in total. The van der Waals surface area contributed by atoms with Crippen molar-refractivity contribution >= 4 is 17.6 Å². The maximum atomic E-state index is 12.2. The molecule has 2 atom stereocenters. The number of hydrogen-bond donors (Lipinski definition) is 2. The summed E-state index contributed by atoms with van der Waals surface area (Å²) in [6.45, 7) is -0.0987. The number of aliphatic hydroxyl groups excluding tert-OH is 1. The molecule has 0 aliphatic carbocycles. The highest BCUT2D eigenvalue weighted by Gasteiger charge is 2.39. The van der Waals surface area contributed by atoms with Crippen LogP contribution in [0.3, 0.4) is 0 Å². The third-order valence-corrected chi connectivity index (χ3v) is 3.13. The van der Waals surface area contributed by atoms with Crippen molar-refractivity contribution in [1.82, 2.24) is 4.90 Å². The molecule has 0 radical (unpaired) electrons. The van der Waals surface area contributed by atoms with E-state index >= 15 is 0 Å². The highest BCUT2D eigenvalue weighted by atomic mass is 16.6. The summed E-state index contributed by atoms with van der Waals surface area (Å²) in [4.78, 5) is 34.3. The number of aliphatic hydroxyl groups is 1. The second-order valence-electron chi connectivity index (χ2n) is 4.51. The van der Waals surface area contributed by atoms with Crippen LogP contribution < -0.4 is 0 Å². The van der Waals surface area contributed by atoms with Gasteiger partial charge >= 0.3 is 5.97 Å². The summed E-state index contributed by atoms with van der Waals surface area (Å²) in [7, 11) is 0. The Bertz CT molecular complexity index is 573. The average Bonchev–Trinajstić information content (AvgIpc) is 2.80. The Balaban J connectivity index is 2.28. The molecule has 1 aliphatic rings. The smallest absolute Gasteiger partial charge is 0.326 e. The second kappa shape index (κ2) is 5.25. The third kappa shape index (κ3) is 2.59. The van der Waals surface area contributed by atoms with Crippen LogP contribution in [0.25, 0.3) is 0 Å². The fourth-order valence-electron chi connectivity index (χ4n) is 2.19. The van der Waals surface area contributed by atoms with E-state index in [0.717, 1.165) is 11.0 Å². The number of amides is 1. The fourth-order valence-corrected chi connectivity index (χ4v) is 2.19. The van der Waals surface area contributed by atoms with Crippen molar-refractivity contribution in [3.8, 4) is 0 Å². The summed E-state index contributed by atoms with van der Waals surface area (Å²) < 4.78 is 0. The molecule has 2 rings (SSSR count). The van der Waals surface area contributed by atoms with Gasteiger partial charge in [0, 0.05) is 30.7 Å². The minimum atomic E-state index is -1.21. The lowest BCUT2D eigenvalue weighted by Crippen LogP contribution is -2.40. The molecule has 0 aromatic heterocycles. The molecule has 2 N–H and O–H groups in total. The number of benzene rings is 1. The monoisotopic (exact) mass is 280 g/mol. The van der Waals surface area contributed by atoms with E-state index in [0.29, 0.717) is 0 Å². The molecule has 0 saturated carbocycles. The van der Waals surface area contributed by atoms with Gasteiger partial charge in [0.05, 0.1) is 11.0 Å². The molecular formula is C12H12N2O6. The molecule has 1 aliphatic heterocycles. The number of aliphatic carboxylic acids is 1. The predicted molar refractivity (Wildman–Crippen MR) is 66.2 cm³/mol. The molecule has 106 valence electrons. The number of carbonyl (C=O) groups excluding carboxylic acids is 1. The van der Waals surface area contributed by atoms with Crippen molar-refractivity contribution in [3.05, 3.63) is 39.9 Å². The van der Waals surface area contributed by atoms with E-state index in [-0.39, 0.29) is 24.2 Å². The number of carboxylic acids is 1. The summed E-state index contributed by atoms with van der Waals surface area (Å²) in [6.07, 6.45) is -0.950. The van der Waals surface area contributed by atoms with E-state index in [9.17, 15) is 24.8 Å². The average molecular weight is 280 g/mol. The quantitative estimate of drug-likeness (QED) is 0.605. The van der Waals surface area contributed by atoms with Crippen molar-refractivity contribution in [2.75, 3.05) is 6.54 Å². The maximum Gasteiger partial charge on any atom is 0.326 e. The van der Waals surface area contributed by atoms with Crippen LogP contribution in [0.4, 0.5) is 5.69 Å². The van der Waals surface area contributed by atoms with Crippen molar-refractivity contribution in [2.24, 2.45) is 0 Å². The Morgan fingerprint density at radius 1 is 1.40 bits per heavy atom. The molecule has 2 unspecified atom stereocenters. The van der Waals surface area contributed by atoms with Crippen LogP contribution in [0, 0.1) is 10.1 Å². The van der Waals surface area contributed by atoms with Crippen molar-refractivity contribution in [3.63, 3.8) is 0 Å². The van der Waals surface area contributed by atoms with Gasteiger partial charge in [-0.2, -0.15) is 0 Å². The molecule has 20 heavy (non-hydrogen) atoms. The number of nitro groups is 1. The Kier molecular flexibility index (Phi) is 3.66. The van der Waals surface area contributed by atoms with Crippen molar-refractivity contribution < 1.29 is 24.7 Å². The molecule has 1 aromatic rings. The van der Waals surface area contributed by atoms with Gasteiger partial charge in [0.25, 0.3) is 11.6 Å². The Morgan fingerprint density at radius 3 is 2.70 bits per heavy atom. The zero-order valence-corrected chi connectivity index (χ0v) is 10.3. The number of carboxylic acid groups (broad SMARTS) is 1. The van der Waals surface area contributed by atoms with Gasteiger partial charge in [0.1, 0.15) is 6.04 Å². The highest BCUT2D eigenvalue weighted by Crippen LogP contribution is 2.22. The van der Waals surface area contributed by atoms with Crippen LogP contribution in [0.1, 0.15) is 16.8 Å². The van der Waals surface area contributed by atoms with Gasteiger partial charge in [0.2, 0.25) is 0 Å². The van der Waals surface area contributed by atoms with E-state index in [1.165, 1.54) is 18.2 Å². The van der Waals surface area contributed by atoms with Crippen LogP contribution in [-0.2, 0) is 4.79 Å². The van der Waals surface area contributed by atoms with Crippen LogP contribution >= 0.6 is 0 Å². The molecule has 0 bridgehead atoms. The first kappa shape index (κ1) is 13.9. The van der Waals surface area contributed by atoms with Gasteiger partial charge < -0.3 is 15.1 Å². The van der Waals surface area contributed by atoms with Gasteiger partial charge in [-0.1, -0.05) is 6.07 Å². The number of likely N-dealkylation sites (tertiary alicyclic amines) is 1. The van der Waals surface area contributed by atoms with Crippen LogP contribution in [0.5, 0.6) is 0 Å². The summed E-state index contributed by atoms with van der Waals surface area (Å²) in [5.41, 5.74) is -0.220. The molecule has 0 spiro atoms. The number of non-ortho nitro benzene ring substituents is 1. The maximum absolute atomic E-state index is 12.2. The van der Waals surface area contributed by atoms with Gasteiger partial charge in [-0.3, -0.25) is 14.9 Å². The number of rotatable bonds is 3. The second-order valence-corrected chi connectivity index (χ2v) is 4.51. The van der Waals surface area contributed by atoms with Crippen LogP contribution in [-0.4, -0.2) is 50.6 Å². The highest BCUT2D eigenvalue weighted by molar-refractivity contribution is 5.97. The first-order chi connectivity index (χ1) is 9.40. The van der Waals surface area contributed by atoms with E-state index in [4.69, 9.17) is 5.11 Å². The standard InChI is InChI=1S/C12H12N2O6/c15-9-5-10(12(17)18)13(6-9)11(16)7-2-1-3-8(4-7)14(19)20/h1-4,9-10,15H,5-6H2,(H,17,18). The van der Waals surface area contributed by atoms with E-state index in [1.807, 2.05) is 0 Å². The fraction of sp³-hybridized carbons (Fsp3) is 0.333. The minimum Gasteiger partial charge on any atom is -0.480 e. The minimum absolute atomic E-state index is 0.0274. The van der Waals surface area contributed by atoms with Crippen LogP contribution in [0.15, 0.2) is 24.3 Å². The summed E-state index contributed by atoms with van der Waals surface area (Å²) in [6, 6.07) is 3.94. The van der Waals surface area contributed by atoms with Crippen molar-refractivity contribution in [1.29, 1.82) is 0 Å². The SMILES string of the molecule is O=C(O)C1CC(O)CN1C(=O)c1cccc([N+](=O)[O-])c1. The number of hydrogen-bond acceptors (Lipinski definition) is 5. The molecule has 1 heterocycles. The first-order valence-electron chi connectivity index (χ1n) is 5.86. The lowest BCUT2D eigenvalue weighted by atomic mass is 10.1. The Morgan fingerprint density at radius 2 is 2.10 bits per heavy atom. The molecular weight excluding hydrogens is 268 g/mol. The summed E-state index contributed by atoms with van der Waals surface area (Å²) in [5, 5.41) is 29.2. The third-order valence-electron chi connectivity index (χ3n) is 3.13. The summed E-state index contributed by atoms with van der Waals surface area (Å²) >= 11 is 0. The number of nitro benzene ring substituents is 1. The number of carbonyl (C=O) groups is 2. The van der Waals surface area contributed by atoms with Gasteiger partial charge in [-0.15, -0.1) is 0 Å². The predicted octanol–water partition coefficient (Wildman–Crippen LogP) is 0.255. The van der Waals surface area contributed by atoms with Gasteiger partial charge in [-0.25, -0.2) is 4.79 Å². The normalized spacial score (nSPS) is 21.8. The number of nitrogens with zero attached hydrogens (tertiary/aromatic N) is 2. The summed E-state index contributed by atoms with van der Waals surface area (Å²) in [5.74, 6) is -1.85. The molecule has 1 saturated heterocycles. The topological polar surface area (TPSA) is 121 Å². The zero-order chi connectivity index (χ0) is 14.9. The first-order valence-corrected chi connectivity index (χ1v) is 5.86. The molecule has 1 aromatic carbocycles. The van der Waals surface area contributed by atoms with E-state index < -0.39 is 28.9 Å². The number of β-amino-alcohol motifs (C(OH)–C–C–N with tert-alkyl or cyclic N) is 1. The lowest BCUT2D eigenvalue weighted by molar-refractivity contribution is -0.384. The Labute approximate surface area is 113 Å². The van der Waals surface area contributed by atoms with Gasteiger partial charge in [0.15, 0.2) is 0 Å².